The van der Waals surface area contributed by atoms with Crippen LogP contribution in [-0.2, 0) is 0 Å². The van der Waals surface area contributed by atoms with E-state index in [4.69, 9.17) is 12.2 Å². The molecule has 2 aromatic rings. The molecule has 0 saturated carbocycles. The molecule has 0 aliphatic rings. The highest BCUT2D eigenvalue weighted by atomic mass is 32.1. The first-order chi connectivity index (χ1) is 7.00. The number of fused-ring (bicyclic) bond motifs is 1. The number of aromatic amines is 2. The lowest BCUT2D eigenvalue weighted by Crippen LogP contribution is -2.23. The Morgan fingerprint density at radius 2 is 2.07 bits per heavy atom. The zero-order chi connectivity index (χ0) is 11.2. The fourth-order valence-corrected chi connectivity index (χ4v) is 2.12. The van der Waals surface area contributed by atoms with E-state index in [1.807, 2.05) is 26.8 Å². The standard InChI is InChI=1S/C10H13N3OS/c1-5(2)13-9(14)8-7(12-10(13)15)4-6(3)11-8/h4-5,11H,1-3H3,(H,12,15). The summed E-state index contributed by atoms with van der Waals surface area (Å²) in [6.45, 7) is 5.79. The molecule has 0 unspecified atom stereocenters. The van der Waals surface area contributed by atoms with Gasteiger partial charge in [0.25, 0.3) is 5.56 Å². The monoisotopic (exact) mass is 223 g/mol. The highest BCUT2D eigenvalue weighted by Crippen LogP contribution is 2.10. The summed E-state index contributed by atoms with van der Waals surface area (Å²) in [7, 11) is 0. The predicted molar refractivity (Wildman–Crippen MR) is 62.9 cm³/mol. The van der Waals surface area contributed by atoms with Crippen molar-refractivity contribution < 1.29 is 0 Å². The van der Waals surface area contributed by atoms with E-state index in [0.29, 0.717) is 10.3 Å². The zero-order valence-electron chi connectivity index (χ0n) is 8.92. The van der Waals surface area contributed by atoms with Gasteiger partial charge in [-0.1, -0.05) is 0 Å². The average Bonchev–Trinajstić information content (AvgIpc) is 2.45. The number of hydrogen-bond donors (Lipinski definition) is 2. The molecule has 5 heteroatoms. The maximum atomic E-state index is 12.0. The summed E-state index contributed by atoms with van der Waals surface area (Å²) in [5, 5.41) is 0. The second-order valence-corrected chi connectivity index (χ2v) is 4.33. The summed E-state index contributed by atoms with van der Waals surface area (Å²) >= 11 is 5.15. The number of aromatic nitrogens is 3. The third kappa shape index (κ3) is 1.52. The fourth-order valence-electron chi connectivity index (χ4n) is 1.71. The minimum atomic E-state index is -0.0585. The summed E-state index contributed by atoms with van der Waals surface area (Å²) in [5.74, 6) is 0. The number of H-pyrrole nitrogens is 2. The lowest BCUT2D eigenvalue weighted by molar-refractivity contribution is 0.564. The van der Waals surface area contributed by atoms with Crippen LogP contribution in [0.5, 0.6) is 0 Å². The van der Waals surface area contributed by atoms with Crippen molar-refractivity contribution in [3.05, 3.63) is 26.9 Å². The van der Waals surface area contributed by atoms with Gasteiger partial charge in [-0.05, 0) is 39.1 Å². The van der Waals surface area contributed by atoms with Crippen molar-refractivity contribution in [2.24, 2.45) is 0 Å². The van der Waals surface area contributed by atoms with Gasteiger partial charge in [0.05, 0.1) is 5.52 Å². The van der Waals surface area contributed by atoms with Crippen LogP contribution in [0.2, 0.25) is 0 Å². The Morgan fingerprint density at radius 1 is 1.40 bits per heavy atom. The van der Waals surface area contributed by atoms with Gasteiger partial charge in [0, 0.05) is 11.7 Å². The fraction of sp³-hybridized carbons (Fsp3) is 0.400. The highest BCUT2D eigenvalue weighted by Gasteiger charge is 2.09. The van der Waals surface area contributed by atoms with Crippen LogP contribution in [0.15, 0.2) is 10.9 Å². The molecule has 2 heterocycles. The number of rotatable bonds is 1. The van der Waals surface area contributed by atoms with Gasteiger partial charge >= 0.3 is 0 Å². The number of hydrogen-bond acceptors (Lipinski definition) is 2. The molecule has 0 spiro atoms. The molecule has 4 nitrogen and oxygen atoms in total. The van der Waals surface area contributed by atoms with Crippen LogP contribution in [0.4, 0.5) is 0 Å². The molecule has 2 rings (SSSR count). The first kappa shape index (κ1) is 10.2. The van der Waals surface area contributed by atoms with Crippen molar-refractivity contribution in [1.82, 2.24) is 14.5 Å². The summed E-state index contributed by atoms with van der Waals surface area (Å²) in [6.07, 6.45) is 0. The van der Waals surface area contributed by atoms with E-state index < -0.39 is 0 Å². The maximum absolute atomic E-state index is 12.0. The lowest BCUT2D eigenvalue weighted by Gasteiger charge is -2.09. The van der Waals surface area contributed by atoms with Crippen LogP contribution in [0.25, 0.3) is 11.0 Å². The van der Waals surface area contributed by atoms with E-state index in [1.54, 1.807) is 4.57 Å². The van der Waals surface area contributed by atoms with Crippen molar-refractivity contribution in [1.29, 1.82) is 0 Å². The Labute approximate surface area is 92.0 Å². The van der Waals surface area contributed by atoms with Gasteiger partial charge in [0.15, 0.2) is 4.77 Å². The van der Waals surface area contributed by atoms with Crippen LogP contribution >= 0.6 is 12.2 Å². The molecular formula is C10H13N3OS. The van der Waals surface area contributed by atoms with Crippen LogP contribution in [0.1, 0.15) is 25.6 Å². The third-order valence-corrected chi connectivity index (χ3v) is 2.66. The molecule has 2 N–H and O–H groups in total. The second kappa shape index (κ2) is 3.34. The Kier molecular flexibility index (Phi) is 2.26. The van der Waals surface area contributed by atoms with Gasteiger partial charge in [-0.3, -0.25) is 9.36 Å². The lowest BCUT2D eigenvalue weighted by atomic mass is 10.3. The van der Waals surface area contributed by atoms with E-state index in [1.165, 1.54) is 0 Å². The predicted octanol–water partition coefficient (Wildman–Crippen LogP) is 2.28. The Balaban J connectivity index is 2.96. The molecule has 0 bridgehead atoms. The molecule has 0 amide bonds. The van der Waals surface area contributed by atoms with Gasteiger partial charge in [0.2, 0.25) is 0 Å². The normalized spacial score (nSPS) is 11.5. The average molecular weight is 223 g/mol. The van der Waals surface area contributed by atoms with E-state index in [0.717, 1.165) is 11.2 Å². The first-order valence-corrected chi connectivity index (χ1v) is 5.25. The highest BCUT2D eigenvalue weighted by molar-refractivity contribution is 7.71. The first-order valence-electron chi connectivity index (χ1n) is 4.85. The Hall–Kier alpha value is -1.36. The zero-order valence-corrected chi connectivity index (χ0v) is 9.73. The van der Waals surface area contributed by atoms with Gasteiger partial charge in [-0.15, -0.1) is 0 Å². The van der Waals surface area contributed by atoms with Crippen LogP contribution in [0.3, 0.4) is 0 Å². The topological polar surface area (TPSA) is 53.6 Å². The van der Waals surface area contributed by atoms with Crippen LogP contribution < -0.4 is 5.56 Å². The molecule has 0 fully saturated rings. The van der Waals surface area contributed by atoms with Crippen LogP contribution in [0, 0.1) is 11.7 Å². The molecule has 15 heavy (non-hydrogen) atoms. The minimum Gasteiger partial charge on any atom is -0.353 e. The van der Waals surface area contributed by atoms with E-state index in [9.17, 15) is 4.79 Å². The number of nitrogens with zero attached hydrogens (tertiary/aromatic N) is 1. The molecule has 2 aromatic heterocycles. The summed E-state index contributed by atoms with van der Waals surface area (Å²) in [5.41, 5.74) is 2.26. The molecule has 0 aliphatic carbocycles. The van der Waals surface area contributed by atoms with Crippen molar-refractivity contribution in [3.8, 4) is 0 Å². The Morgan fingerprint density at radius 3 is 2.67 bits per heavy atom. The van der Waals surface area contributed by atoms with Gasteiger partial charge < -0.3 is 9.97 Å². The van der Waals surface area contributed by atoms with E-state index >= 15 is 0 Å². The van der Waals surface area contributed by atoms with E-state index in [-0.39, 0.29) is 11.6 Å². The Bertz CT molecular complexity index is 618. The quantitative estimate of drug-likeness (QED) is 0.729. The molecule has 0 aromatic carbocycles. The minimum absolute atomic E-state index is 0.0585. The van der Waals surface area contributed by atoms with E-state index in [2.05, 4.69) is 9.97 Å². The van der Waals surface area contributed by atoms with Crippen molar-refractivity contribution >= 4 is 23.3 Å². The third-order valence-electron chi connectivity index (χ3n) is 2.36. The van der Waals surface area contributed by atoms with Crippen molar-refractivity contribution in [2.45, 2.75) is 26.8 Å². The van der Waals surface area contributed by atoms with Gasteiger partial charge in [-0.2, -0.15) is 0 Å². The molecule has 0 aliphatic heterocycles. The maximum Gasteiger partial charge on any atom is 0.278 e. The molecule has 0 atom stereocenters. The van der Waals surface area contributed by atoms with Crippen molar-refractivity contribution in [3.63, 3.8) is 0 Å². The summed E-state index contributed by atoms with van der Waals surface area (Å²) in [4.78, 5) is 18.1. The largest absolute Gasteiger partial charge is 0.353 e. The van der Waals surface area contributed by atoms with Gasteiger partial charge in [0.1, 0.15) is 5.52 Å². The SMILES string of the molecule is Cc1cc2[nH]c(=S)n(C(C)C)c(=O)c2[nH]1. The number of nitrogens with one attached hydrogen (secondary N) is 2. The summed E-state index contributed by atoms with van der Waals surface area (Å²) < 4.78 is 2.05. The molecule has 80 valence electrons. The second-order valence-electron chi connectivity index (χ2n) is 3.94. The molecule has 0 radical (unpaired) electrons. The molecule has 0 saturated heterocycles. The van der Waals surface area contributed by atoms with Crippen LogP contribution in [-0.4, -0.2) is 14.5 Å². The summed E-state index contributed by atoms with van der Waals surface area (Å²) in [6, 6.07) is 1.95. The molecular weight excluding hydrogens is 210 g/mol. The van der Waals surface area contributed by atoms with Gasteiger partial charge in [-0.25, -0.2) is 0 Å². The number of aryl methyl sites for hydroxylation is 1. The smallest absolute Gasteiger partial charge is 0.278 e. The van der Waals surface area contributed by atoms with Crippen molar-refractivity contribution in [2.75, 3.05) is 0 Å².